The zero-order chi connectivity index (χ0) is 16.7. The molecule has 0 aliphatic heterocycles. The number of nitrogens with one attached hydrogen (secondary N) is 1. The van der Waals surface area contributed by atoms with E-state index in [9.17, 15) is 4.79 Å². The number of carbonyl (C=O) groups excluding carboxylic acids is 1. The molecule has 1 amide bonds. The molecule has 0 spiro atoms. The summed E-state index contributed by atoms with van der Waals surface area (Å²) in [6.45, 7) is 2.72. The van der Waals surface area contributed by atoms with Gasteiger partial charge in [0.1, 0.15) is 6.04 Å². The topological polar surface area (TPSA) is 45.2 Å². The van der Waals surface area contributed by atoms with E-state index in [4.69, 9.17) is 0 Å². The molecule has 0 radical (unpaired) electrons. The Morgan fingerprint density at radius 1 is 1.17 bits per heavy atom. The first kappa shape index (κ1) is 17.2. The summed E-state index contributed by atoms with van der Waals surface area (Å²) >= 11 is 0. The summed E-state index contributed by atoms with van der Waals surface area (Å²) in [5.41, 5.74) is 3.44. The molecule has 2 aromatic rings. The smallest absolute Gasteiger partial charge is 0.241 e. The lowest BCUT2D eigenvalue weighted by atomic mass is 10.00. The summed E-state index contributed by atoms with van der Waals surface area (Å²) in [4.78, 5) is 18.6. The van der Waals surface area contributed by atoms with Crippen LogP contribution in [0.1, 0.15) is 29.2 Å². The van der Waals surface area contributed by atoms with Gasteiger partial charge in [-0.2, -0.15) is 0 Å². The van der Waals surface area contributed by atoms with Crippen LogP contribution in [0.3, 0.4) is 0 Å². The summed E-state index contributed by atoms with van der Waals surface area (Å²) in [6, 6.07) is 11.8. The molecule has 0 aliphatic carbocycles. The molecule has 4 nitrogen and oxygen atoms in total. The van der Waals surface area contributed by atoms with Gasteiger partial charge in [0.2, 0.25) is 5.91 Å². The number of benzene rings is 1. The highest BCUT2D eigenvalue weighted by Crippen LogP contribution is 2.21. The first-order valence-electron chi connectivity index (χ1n) is 7.98. The first-order chi connectivity index (χ1) is 11.1. The van der Waals surface area contributed by atoms with Crippen molar-refractivity contribution in [2.45, 2.75) is 25.8 Å². The quantitative estimate of drug-likeness (QED) is 0.800. The standard InChI is InChI=1S/C19H25N3O/c1-15-7-4-5-9-17(15)18(22(2)3)19(23)21-12-6-8-16-10-13-20-14-11-16/h4-5,7,9-11,13-14,18H,6,8,12H2,1-3H3,(H,21,23)/t18-/m1/s1. The molecule has 23 heavy (non-hydrogen) atoms. The maximum atomic E-state index is 12.6. The van der Waals surface area contributed by atoms with Crippen LogP contribution in [0, 0.1) is 6.92 Å². The van der Waals surface area contributed by atoms with Crippen molar-refractivity contribution in [3.05, 3.63) is 65.5 Å². The number of likely N-dealkylation sites (N-methyl/N-ethyl adjacent to an activating group) is 1. The minimum atomic E-state index is -0.253. The monoisotopic (exact) mass is 311 g/mol. The largest absolute Gasteiger partial charge is 0.354 e. The van der Waals surface area contributed by atoms with Crippen LogP contribution in [-0.4, -0.2) is 36.4 Å². The van der Waals surface area contributed by atoms with Gasteiger partial charge >= 0.3 is 0 Å². The highest BCUT2D eigenvalue weighted by atomic mass is 16.2. The molecule has 4 heteroatoms. The molecule has 1 heterocycles. The molecule has 1 N–H and O–H groups in total. The Balaban J connectivity index is 1.91. The summed E-state index contributed by atoms with van der Waals surface area (Å²) in [7, 11) is 3.88. The molecule has 0 saturated carbocycles. The first-order valence-corrected chi connectivity index (χ1v) is 7.98. The molecule has 1 aromatic carbocycles. The number of amides is 1. The van der Waals surface area contributed by atoms with Gasteiger partial charge in [0.05, 0.1) is 0 Å². The highest BCUT2D eigenvalue weighted by Gasteiger charge is 2.23. The lowest BCUT2D eigenvalue weighted by Crippen LogP contribution is -2.37. The zero-order valence-corrected chi connectivity index (χ0v) is 14.1. The molecule has 0 bridgehead atoms. The van der Waals surface area contributed by atoms with Crippen molar-refractivity contribution >= 4 is 5.91 Å². The third kappa shape index (κ3) is 4.89. The van der Waals surface area contributed by atoms with Crippen LogP contribution >= 0.6 is 0 Å². The SMILES string of the molecule is Cc1ccccc1[C@H](C(=O)NCCCc1ccncc1)N(C)C. The van der Waals surface area contributed by atoms with Crippen LogP contribution in [-0.2, 0) is 11.2 Å². The van der Waals surface area contributed by atoms with E-state index in [-0.39, 0.29) is 11.9 Å². The highest BCUT2D eigenvalue weighted by molar-refractivity contribution is 5.83. The number of pyridine rings is 1. The van der Waals surface area contributed by atoms with E-state index >= 15 is 0 Å². The summed E-state index contributed by atoms with van der Waals surface area (Å²) in [6.07, 6.45) is 5.46. The Morgan fingerprint density at radius 2 is 1.87 bits per heavy atom. The van der Waals surface area contributed by atoms with E-state index < -0.39 is 0 Å². The van der Waals surface area contributed by atoms with Crippen molar-refractivity contribution in [3.8, 4) is 0 Å². The average molecular weight is 311 g/mol. The third-order valence-corrected chi connectivity index (χ3v) is 3.94. The molecule has 2 rings (SSSR count). The second-order valence-electron chi connectivity index (χ2n) is 5.97. The van der Waals surface area contributed by atoms with E-state index in [1.165, 1.54) is 5.56 Å². The second kappa shape index (κ2) is 8.44. The Hall–Kier alpha value is -2.20. The summed E-state index contributed by atoms with van der Waals surface area (Å²) in [5.74, 6) is 0.0547. The van der Waals surface area contributed by atoms with Crippen LogP contribution in [0.15, 0.2) is 48.8 Å². The number of nitrogens with zero attached hydrogens (tertiary/aromatic N) is 2. The van der Waals surface area contributed by atoms with Crippen LogP contribution in [0.4, 0.5) is 0 Å². The van der Waals surface area contributed by atoms with Gasteiger partial charge in [-0.1, -0.05) is 24.3 Å². The number of carbonyl (C=O) groups is 1. The van der Waals surface area contributed by atoms with Crippen molar-refractivity contribution < 1.29 is 4.79 Å². The Morgan fingerprint density at radius 3 is 2.52 bits per heavy atom. The third-order valence-electron chi connectivity index (χ3n) is 3.94. The molecule has 0 fully saturated rings. The van der Waals surface area contributed by atoms with Gasteiger partial charge < -0.3 is 5.32 Å². The Kier molecular flexibility index (Phi) is 6.29. The van der Waals surface area contributed by atoms with Crippen molar-refractivity contribution in [1.82, 2.24) is 15.2 Å². The van der Waals surface area contributed by atoms with E-state index in [0.29, 0.717) is 6.54 Å². The van der Waals surface area contributed by atoms with E-state index in [0.717, 1.165) is 24.0 Å². The lowest BCUT2D eigenvalue weighted by molar-refractivity contribution is -0.125. The Labute approximate surface area is 138 Å². The molecule has 0 saturated heterocycles. The summed E-state index contributed by atoms with van der Waals surface area (Å²) < 4.78 is 0. The summed E-state index contributed by atoms with van der Waals surface area (Å²) in [5, 5.41) is 3.06. The number of aryl methyl sites for hydroxylation is 2. The maximum Gasteiger partial charge on any atom is 0.241 e. The van der Waals surface area contributed by atoms with Crippen molar-refractivity contribution in [2.75, 3.05) is 20.6 Å². The van der Waals surface area contributed by atoms with Crippen molar-refractivity contribution in [2.24, 2.45) is 0 Å². The predicted octanol–water partition coefficient (Wildman–Crippen LogP) is 2.74. The van der Waals surface area contributed by atoms with Crippen LogP contribution in [0.2, 0.25) is 0 Å². The molecular weight excluding hydrogens is 286 g/mol. The number of rotatable bonds is 7. The molecule has 1 aromatic heterocycles. The molecular formula is C19H25N3O. The van der Waals surface area contributed by atoms with E-state index in [1.54, 1.807) is 12.4 Å². The maximum absolute atomic E-state index is 12.6. The van der Waals surface area contributed by atoms with E-state index in [2.05, 4.69) is 10.3 Å². The van der Waals surface area contributed by atoms with Gasteiger partial charge in [-0.3, -0.25) is 14.7 Å². The minimum absolute atomic E-state index is 0.0547. The Bertz CT molecular complexity index is 626. The van der Waals surface area contributed by atoms with Crippen LogP contribution in [0.5, 0.6) is 0 Å². The van der Waals surface area contributed by atoms with Crippen LogP contribution in [0.25, 0.3) is 0 Å². The van der Waals surface area contributed by atoms with Gasteiger partial charge in [-0.15, -0.1) is 0 Å². The van der Waals surface area contributed by atoms with Gasteiger partial charge in [-0.25, -0.2) is 0 Å². The fraction of sp³-hybridized carbons (Fsp3) is 0.368. The number of hydrogen-bond acceptors (Lipinski definition) is 3. The van der Waals surface area contributed by atoms with Crippen molar-refractivity contribution in [1.29, 1.82) is 0 Å². The van der Waals surface area contributed by atoms with Gasteiger partial charge in [0, 0.05) is 18.9 Å². The molecule has 0 aliphatic rings. The van der Waals surface area contributed by atoms with E-state index in [1.807, 2.05) is 62.3 Å². The normalized spacial score (nSPS) is 12.2. The minimum Gasteiger partial charge on any atom is -0.354 e. The van der Waals surface area contributed by atoms with Crippen molar-refractivity contribution in [3.63, 3.8) is 0 Å². The lowest BCUT2D eigenvalue weighted by Gasteiger charge is -2.25. The average Bonchev–Trinajstić information content (AvgIpc) is 2.54. The number of aromatic nitrogens is 1. The fourth-order valence-electron chi connectivity index (χ4n) is 2.70. The predicted molar refractivity (Wildman–Crippen MR) is 93.2 cm³/mol. The van der Waals surface area contributed by atoms with Gasteiger partial charge in [0.25, 0.3) is 0 Å². The van der Waals surface area contributed by atoms with Gasteiger partial charge in [-0.05, 0) is 62.7 Å². The molecule has 122 valence electrons. The van der Waals surface area contributed by atoms with Crippen LogP contribution < -0.4 is 5.32 Å². The second-order valence-corrected chi connectivity index (χ2v) is 5.97. The zero-order valence-electron chi connectivity index (χ0n) is 14.1. The fourth-order valence-corrected chi connectivity index (χ4v) is 2.70. The molecule has 1 atom stereocenters. The molecule has 0 unspecified atom stereocenters. The van der Waals surface area contributed by atoms with Gasteiger partial charge in [0.15, 0.2) is 0 Å². The number of hydrogen-bond donors (Lipinski definition) is 1.